The number of halogens is 2. The van der Waals surface area contributed by atoms with Gasteiger partial charge in [0.1, 0.15) is 11.4 Å². The number of esters is 1. The van der Waals surface area contributed by atoms with Gasteiger partial charge in [-0.3, -0.25) is 4.79 Å². The summed E-state index contributed by atoms with van der Waals surface area (Å²) in [4.78, 5) is 28.0. The van der Waals surface area contributed by atoms with E-state index in [9.17, 15) is 9.59 Å². The molecule has 1 unspecified atom stereocenters. The van der Waals surface area contributed by atoms with Crippen LogP contribution in [0.25, 0.3) is 0 Å². The number of pyridine rings is 1. The van der Waals surface area contributed by atoms with Crippen molar-refractivity contribution in [2.45, 2.75) is 13.0 Å². The normalized spacial score (nSPS) is 11.6. The molecule has 2 aromatic rings. The molecule has 8 heteroatoms. The van der Waals surface area contributed by atoms with E-state index in [2.05, 4.69) is 26.2 Å². The lowest BCUT2D eigenvalue weighted by Crippen LogP contribution is -2.30. The molecule has 1 amide bonds. The first-order chi connectivity index (χ1) is 10.9. The monoisotopic (exact) mass is 397 g/mol. The zero-order valence-corrected chi connectivity index (χ0v) is 14.4. The smallest absolute Gasteiger partial charge is 0.342 e. The van der Waals surface area contributed by atoms with Crippen LogP contribution in [0.4, 0.5) is 11.5 Å². The van der Waals surface area contributed by atoms with Gasteiger partial charge in [-0.1, -0.05) is 11.6 Å². The third kappa shape index (κ3) is 4.67. The highest BCUT2D eigenvalue weighted by Gasteiger charge is 2.21. The zero-order valence-electron chi connectivity index (χ0n) is 12.0. The third-order valence-electron chi connectivity index (χ3n) is 2.87. The molecule has 0 spiro atoms. The molecule has 2 rings (SSSR count). The van der Waals surface area contributed by atoms with Crippen LogP contribution in [0.15, 0.2) is 41.0 Å². The van der Waals surface area contributed by atoms with Crippen molar-refractivity contribution in [2.75, 3.05) is 11.1 Å². The van der Waals surface area contributed by atoms with Gasteiger partial charge in [0.15, 0.2) is 6.10 Å². The Labute approximate surface area is 146 Å². The van der Waals surface area contributed by atoms with Crippen LogP contribution in [-0.2, 0) is 9.53 Å². The lowest BCUT2D eigenvalue weighted by atomic mass is 10.2. The fraction of sp³-hybridized carbons (Fsp3) is 0.133. The van der Waals surface area contributed by atoms with E-state index in [1.165, 1.54) is 19.2 Å². The SMILES string of the molecule is CC(OC(=O)c1cc(Br)cnc1N)C(=O)Nc1ccc(Cl)cc1. The van der Waals surface area contributed by atoms with Crippen molar-refractivity contribution >= 4 is 50.9 Å². The van der Waals surface area contributed by atoms with Gasteiger partial charge in [-0.05, 0) is 53.2 Å². The number of carbonyl (C=O) groups excluding carboxylic acids is 2. The summed E-state index contributed by atoms with van der Waals surface area (Å²) >= 11 is 8.97. The number of carbonyl (C=O) groups is 2. The molecule has 0 aliphatic rings. The van der Waals surface area contributed by atoms with Gasteiger partial charge in [0.05, 0.1) is 0 Å². The predicted molar refractivity (Wildman–Crippen MR) is 91.3 cm³/mol. The van der Waals surface area contributed by atoms with E-state index in [1.54, 1.807) is 24.3 Å². The van der Waals surface area contributed by atoms with Gasteiger partial charge in [0.25, 0.3) is 5.91 Å². The van der Waals surface area contributed by atoms with Gasteiger partial charge < -0.3 is 15.8 Å². The van der Waals surface area contributed by atoms with Crippen LogP contribution in [0.2, 0.25) is 5.02 Å². The lowest BCUT2D eigenvalue weighted by Gasteiger charge is -2.14. The summed E-state index contributed by atoms with van der Waals surface area (Å²) in [6, 6.07) is 8.05. The van der Waals surface area contributed by atoms with E-state index >= 15 is 0 Å². The standard InChI is InChI=1S/C15H13BrClN3O3/c1-8(14(21)20-11-4-2-10(17)3-5-11)23-15(22)12-6-9(16)7-19-13(12)18/h2-8H,1H3,(H2,18,19)(H,20,21). The maximum Gasteiger partial charge on any atom is 0.342 e. The molecule has 1 aromatic carbocycles. The summed E-state index contributed by atoms with van der Waals surface area (Å²) < 4.78 is 5.69. The molecule has 120 valence electrons. The second-order valence-corrected chi connectivity index (χ2v) is 5.98. The highest BCUT2D eigenvalue weighted by atomic mass is 79.9. The van der Waals surface area contributed by atoms with Crippen molar-refractivity contribution in [3.8, 4) is 0 Å². The Morgan fingerprint density at radius 1 is 1.35 bits per heavy atom. The molecule has 0 saturated carbocycles. The van der Waals surface area contributed by atoms with E-state index < -0.39 is 18.0 Å². The van der Waals surface area contributed by atoms with Crippen LogP contribution in [0.3, 0.4) is 0 Å². The number of anilines is 2. The van der Waals surface area contributed by atoms with Crippen molar-refractivity contribution in [2.24, 2.45) is 0 Å². The summed E-state index contributed by atoms with van der Waals surface area (Å²) in [5, 5.41) is 3.18. The van der Waals surface area contributed by atoms with Gasteiger partial charge in [0.2, 0.25) is 0 Å². The van der Waals surface area contributed by atoms with Crippen LogP contribution in [0.1, 0.15) is 17.3 Å². The molecule has 0 bridgehead atoms. The van der Waals surface area contributed by atoms with Crippen molar-refractivity contribution in [3.05, 3.63) is 51.6 Å². The van der Waals surface area contributed by atoms with E-state index in [0.29, 0.717) is 15.2 Å². The number of hydrogen-bond acceptors (Lipinski definition) is 5. The Morgan fingerprint density at radius 2 is 2.00 bits per heavy atom. The first-order valence-electron chi connectivity index (χ1n) is 6.55. The van der Waals surface area contributed by atoms with E-state index in [0.717, 1.165) is 0 Å². The van der Waals surface area contributed by atoms with Crippen molar-refractivity contribution < 1.29 is 14.3 Å². The van der Waals surface area contributed by atoms with Gasteiger partial charge in [0, 0.05) is 21.4 Å². The molecule has 1 aromatic heterocycles. The summed E-state index contributed by atoms with van der Waals surface area (Å²) in [6.45, 7) is 1.46. The molecule has 3 N–H and O–H groups in total. The molecular formula is C15H13BrClN3O3. The number of benzene rings is 1. The Kier molecular flexibility index (Phi) is 5.57. The topological polar surface area (TPSA) is 94.3 Å². The van der Waals surface area contributed by atoms with Crippen LogP contribution in [0, 0.1) is 0 Å². The first kappa shape index (κ1) is 17.2. The fourth-order valence-corrected chi connectivity index (χ4v) is 2.13. The molecule has 6 nitrogen and oxygen atoms in total. The van der Waals surface area contributed by atoms with Crippen molar-refractivity contribution in [1.29, 1.82) is 0 Å². The second kappa shape index (κ2) is 7.43. The molecule has 1 atom stereocenters. The minimum absolute atomic E-state index is 0.0310. The largest absolute Gasteiger partial charge is 0.449 e. The molecular weight excluding hydrogens is 386 g/mol. The van der Waals surface area contributed by atoms with E-state index in [4.69, 9.17) is 22.1 Å². The molecule has 0 fully saturated rings. The van der Waals surface area contributed by atoms with Crippen LogP contribution in [0.5, 0.6) is 0 Å². The fourth-order valence-electron chi connectivity index (χ4n) is 1.67. The number of aromatic nitrogens is 1. The van der Waals surface area contributed by atoms with Gasteiger partial charge >= 0.3 is 5.97 Å². The van der Waals surface area contributed by atoms with Crippen LogP contribution < -0.4 is 11.1 Å². The highest BCUT2D eigenvalue weighted by Crippen LogP contribution is 2.18. The average Bonchev–Trinajstić information content (AvgIpc) is 2.51. The van der Waals surface area contributed by atoms with E-state index in [1.807, 2.05) is 0 Å². The zero-order chi connectivity index (χ0) is 17.0. The molecule has 1 heterocycles. The van der Waals surface area contributed by atoms with Gasteiger partial charge in [-0.15, -0.1) is 0 Å². The lowest BCUT2D eigenvalue weighted by molar-refractivity contribution is -0.123. The molecule has 0 aliphatic heterocycles. The number of amides is 1. The number of nitrogen functional groups attached to an aromatic ring is 1. The second-order valence-electron chi connectivity index (χ2n) is 4.63. The minimum atomic E-state index is -1.00. The number of ether oxygens (including phenoxy) is 1. The highest BCUT2D eigenvalue weighted by molar-refractivity contribution is 9.10. The summed E-state index contributed by atoms with van der Waals surface area (Å²) in [6.07, 6.45) is 0.458. The molecule has 0 aliphatic carbocycles. The van der Waals surface area contributed by atoms with Crippen molar-refractivity contribution in [3.63, 3.8) is 0 Å². The van der Waals surface area contributed by atoms with E-state index in [-0.39, 0.29) is 11.4 Å². The Morgan fingerprint density at radius 3 is 2.65 bits per heavy atom. The van der Waals surface area contributed by atoms with Crippen LogP contribution >= 0.6 is 27.5 Å². The predicted octanol–water partition coefficient (Wildman–Crippen LogP) is 3.26. The molecule has 0 saturated heterocycles. The Hall–Kier alpha value is -2.12. The Balaban J connectivity index is 2.01. The molecule has 0 radical (unpaired) electrons. The molecule has 23 heavy (non-hydrogen) atoms. The summed E-state index contributed by atoms with van der Waals surface area (Å²) in [7, 11) is 0. The minimum Gasteiger partial charge on any atom is -0.449 e. The number of rotatable bonds is 4. The quantitative estimate of drug-likeness (QED) is 0.771. The number of nitrogens with two attached hydrogens (primary N) is 1. The third-order valence-corrected chi connectivity index (χ3v) is 3.56. The number of nitrogens with zero attached hydrogens (tertiary/aromatic N) is 1. The van der Waals surface area contributed by atoms with Crippen molar-refractivity contribution in [1.82, 2.24) is 4.98 Å². The number of hydrogen-bond donors (Lipinski definition) is 2. The maximum atomic E-state index is 12.1. The average molecular weight is 399 g/mol. The number of nitrogens with one attached hydrogen (secondary N) is 1. The first-order valence-corrected chi connectivity index (χ1v) is 7.72. The maximum absolute atomic E-state index is 12.1. The van der Waals surface area contributed by atoms with Gasteiger partial charge in [-0.2, -0.15) is 0 Å². The summed E-state index contributed by atoms with van der Waals surface area (Å²) in [5.41, 5.74) is 6.27. The summed E-state index contributed by atoms with van der Waals surface area (Å²) in [5.74, 6) is -1.17. The van der Waals surface area contributed by atoms with Gasteiger partial charge in [-0.25, -0.2) is 9.78 Å². The van der Waals surface area contributed by atoms with Crippen LogP contribution in [-0.4, -0.2) is 23.0 Å². The Bertz CT molecular complexity index is 737.